The van der Waals surface area contributed by atoms with Crippen LogP contribution in [0.3, 0.4) is 0 Å². The van der Waals surface area contributed by atoms with Crippen LogP contribution in [0.4, 0.5) is 0 Å². The zero-order chi connectivity index (χ0) is 16.2. The molecule has 4 nitrogen and oxygen atoms in total. The molecule has 1 aromatic carbocycles. The second-order valence-electron chi connectivity index (χ2n) is 5.47. The van der Waals surface area contributed by atoms with Crippen molar-refractivity contribution in [2.75, 3.05) is 19.6 Å². The van der Waals surface area contributed by atoms with Gasteiger partial charge in [-0.1, -0.05) is 35.3 Å². The lowest BCUT2D eigenvalue weighted by atomic mass is 10.0. The molecule has 3 rings (SSSR count). The molecule has 128 valence electrons. The minimum Gasteiger partial charge on any atom is -0.333 e. The van der Waals surface area contributed by atoms with E-state index in [0.29, 0.717) is 28.7 Å². The van der Waals surface area contributed by atoms with Gasteiger partial charge in [0.2, 0.25) is 5.91 Å². The van der Waals surface area contributed by atoms with E-state index in [1.54, 1.807) is 30.6 Å². The van der Waals surface area contributed by atoms with Crippen LogP contribution in [0.1, 0.15) is 17.2 Å². The largest absolute Gasteiger partial charge is 0.333 e. The molecule has 0 spiro atoms. The molecule has 2 heterocycles. The number of piperazine rings is 1. The van der Waals surface area contributed by atoms with E-state index < -0.39 is 0 Å². The zero-order valence-corrected chi connectivity index (χ0v) is 15.2. The second-order valence-corrected chi connectivity index (χ2v) is 6.28. The SMILES string of the molecule is Cl.O=C(Cc1c(Cl)cccc1Cl)N1CCNCC1c1cccnc1. The Labute approximate surface area is 157 Å². The Morgan fingerprint density at radius 2 is 2.00 bits per heavy atom. The Hall–Kier alpha value is -1.33. The number of nitrogens with zero attached hydrogens (tertiary/aromatic N) is 2. The van der Waals surface area contributed by atoms with Crippen molar-refractivity contribution in [2.45, 2.75) is 12.5 Å². The summed E-state index contributed by atoms with van der Waals surface area (Å²) in [5.41, 5.74) is 1.71. The third-order valence-corrected chi connectivity index (χ3v) is 4.73. The number of aromatic nitrogens is 1. The van der Waals surface area contributed by atoms with Crippen LogP contribution in [-0.2, 0) is 11.2 Å². The molecule has 1 aliphatic rings. The third-order valence-electron chi connectivity index (χ3n) is 4.02. The molecule has 1 N–H and O–H groups in total. The number of benzene rings is 1. The van der Waals surface area contributed by atoms with E-state index in [2.05, 4.69) is 10.3 Å². The fourth-order valence-electron chi connectivity index (χ4n) is 2.83. The first-order chi connectivity index (χ1) is 11.2. The molecule has 7 heteroatoms. The van der Waals surface area contributed by atoms with Crippen LogP contribution in [0.5, 0.6) is 0 Å². The highest BCUT2D eigenvalue weighted by Crippen LogP contribution is 2.27. The second kappa shape index (κ2) is 8.67. The molecule has 1 unspecified atom stereocenters. The fraction of sp³-hybridized carbons (Fsp3) is 0.294. The van der Waals surface area contributed by atoms with Gasteiger partial charge >= 0.3 is 0 Å². The number of hydrogen-bond donors (Lipinski definition) is 1. The first-order valence-electron chi connectivity index (χ1n) is 7.50. The van der Waals surface area contributed by atoms with Crippen LogP contribution in [0.15, 0.2) is 42.7 Å². The lowest BCUT2D eigenvalue weighted by Gasteiger charge is -2.36. The van der Waals surface area contributed by atoms with E-state index >= 15 is 0 Å². The van der Waals surface area contributed by atoms with Gasteiger partial charge in [-0.15, -0.1) is 12.4 Å². The summed E-state index contributed by atoms with van der Waals surface area (Å²) in [4.78, 5) is 18.9. The van der Waals surface area contributed by atoms with Crippen molar-refractivity contribution in [2.24, 2.45) is 0 Å². The molecular weight excluding hydrogens is 369 g/mol. The van der Waals surface area contributed by atoms with Gasteiger partial charge in [-0.2, -0.15) is 0 Å². The molecular formula is C17H18Cl3N3O. The van der Waals surface area contributed by atoms with Gasteiger partial charge in [-0.3, -0.25) is 9.78 Å². The standard InChI is InChI=1S/C17H17Cl2N3O.ClH/c18-14-4-1-5-15(19)13(14)9-17(23)22-8-7-21-11-16(22)12-3-2-6-20-10-12;/h1-6,10,16,21H,7-9,11H2;1H. The number of carbonyl (C=O) groups is 1. The van der Waals surface area contributed by atoms with Crippen molar-refractivity contribution < 1.29 is 4.79 Å². The maximum absolute atomic E-state index is 12.8. The van der Waals surface area contributed by atoms with Crippen molar-refractivity contribution in [3.8, 4) is 0 Å². The molecule has 1 saturated heterocycles. The molecule has 1 aromatic heterocycles. The Morgan fingerprint density at radius 3 is 2.67 bits per heavy atom. The maximum Gasteiger partial charge on any atom is 0.227 e. The Bertz CT molecular complexity index is 676. The highest BCUT2D eigenvalue weighted by Gasteiger charge is 2.28. The van der Waals surface area contributed by atoms with Crippen LogP contribution in [0.25, 0.3) is 0 Å². The van der Waals surface area contributed by atoms with E-state index in [-0.39, 0.29) is 30.8 Å². The van der Waals surface area contributed by atoms with Crippen molar-refractivity contribution in [1.82, 2.24) is 15.2 Å². The molecule has 0 saturated carbocycles. The summed E-state index contributed by atoms with van der Waals surface area (Å²) in [6, 6.07) is 9.15. The first-order valence-corrected chi connectivity index (χ1v) is 8.25. The van der Waals surface area contributed by atoms with Gasteiger partial charge in [0.25, 0.3) is 0 Å². The number of halogens is 3. The molecule has 2 aromatic rings. The van der Waals surface area contributed by atoms with E-state index in [9.17, 15) is 4.79 Å². The van der Waals surface area contributed by atoms with Crippen LogP contribution in [-0.4, -0.2) is 35.4 Å². The van der Waals surface area contributed by atoms with Gasteiger partial charge in [0.05, 0.1) is 12.5 Å². The highest BCUT2D eigenvalue weighted by atomic mass is 35.5. The molecule has 24 heavy (non-hydrogen) atoms. The maximum atomic E-state index is 12.8. The topological polar surface area (TPSA) is 45.2 Å². The molecule has 1 amide bonds. The van der Waals surface area contributed by atoms with Crippen LogP contribution in [0.2, 0.25) is 10.0 Å². The number of carbonyl (C=O) groups excluding carboxylic acids is 1. The summed E-state index contributed by atoms with van der Waals surface area (Å²) < 4.78 is 0. The minimum absolute atomic E-state index is 0. The predicted octanol–water partition coefficient (Wildman–Crippen LogP) is 3.53. The van der Waals surface area contributed by atoms with Gasteiger partial charge in [-0.05, 0) is 29.3 Å². The molecule has 1 atom stereocenters. The third kappa shape index (κ3) is 4.19. The van der Waals surface area contributed by atoms with E-state index in [1.165, 1.54) is 0 Å². The number of nitrogens with one attached hydrogen (secondary N) is 1. The number of amides is 1. The van der Waals surface area contributed by atoms with Crippen molar-refractivity contribution in [3.63, 3.8) is 0 Å². The molecule has 0 aliphatic carbocycles. The Morgan fingerprint density at radius 1 is 1.25 bits per heavy atom. The average molecular weight is 387 g/mol. The molecule has 0 radical (unpaired) electrons. The van der Waals surface area contributed by atoms with E-state index in [4.69, 9.17) is 23.2 Å². The summed E-state index contributed by atoms with van der Waals surface area (Å²) in [5.74, 6) is 0.0235. The first kappa shape index (κ1) is 19.0. The normalized spacial score (nSPS) is 17.2. The monoisotopic (exact) mass is 385 g/mol. The molecule has 1 fully saturated rings. The Kier molecular flexibility index (Phi) is 6.87. The van der Waals surface area contributed by atoms with Gasteiger partial charge in [0.15, 0.2) is 0 Å². The summed E-state index contributed by atoms with van der Waals surface area (Å²) >= 11 is 12.4. The smallest absolute Gasteiger partial charge is 0.227 e. The fourth-order valence-corrected chi connectivity index (χ4v) is 3.36. The zero-order valence-electron chi connectivity index (χ0n) is 12.9. The summed E-state index contributed by atoms with van der Waals surface area (Å²) in [6.07, 6.45) is 3.74. The lowest BCUT2D eigenvalue weighted by Crippen LogP contribution is -2.49. The van der Waals surface area contributed by atoms with Crippen LogP contribution < -0.4 is 5.32 Å². The summed E-state index contributed by atoms with van der Waals surface area (Å²) in [5, 5.41) is 4.38. The summed E-state index contributed by atoms with van der Waals surface area (Å²) in [7, 11) is 0. The Balaban J connectivity index is 0.00000208. The number of pyridine rings is 1. The molecule has 0 bridgehead atoms. The molecule has 1 aliphatic heterocycles. The van der Waals surface area contributed by atoms with Crippen molar-refractivity contribution in [1.29, 1.82) is 0 Å². The summed E-state index contributed by atoms with van der Waals surface area (Å²) in [6.45, 7) is 2.15. The highest BCUT2D eigenvalue weighted by molar-refractivity contribution is 6.36. The van der Waals surface area contributed by atoms with Gasteiger partial charge < -0.3 is 10.2 Å². The van der Waals surface area contributed by atoms with E-state index in [1.807, 2.05) is 17.0 Å². The minimum atomic E-state index is -0.0220. The van der Waals surface area contributed by atoms with Crippen LogP contribution in [0, 0.1) is 0 Å². The van der Waals surface area contributed by atoms with Gasteiger partial charge in [0, 0.05) is 42.1 Å². The predicted molar refractivity (Wildman–Crippen MR) is 99.0 cm³/mol. The quantitative estimate of drug-likeness (QED) is 0.878. The average Bonchev–Trinajstić information content (AvgIpc) is 2.59. The van der Waals surface area contributed by atoms with E-state index in [0.717, 1.165) is 12.1 Å². The number of hydrogen-bond acceptors (Lipinski definition) is 3. The lowest BCUT2D eigenvalue weighted by molar-refractivity contribution is -0.133. The van der Waals surface area contributed by atoms with Crippen molar-refractivity contribution >= 4 is 41.5 Å². The van der Waals surface area contributed by atoms with Crippen molar-refractivity contribution in [3.05, 3.63) is 63.9 Å². The van der Waals surface area contributed by atoms with Gasteiger partial charge in [0.1, 0.15) is 0 Å². The number of rotatable bonds is 3. The van der Waals surface area contributed by atoms with Gasteiger partial charge in [-0.25, -0.2) is 0 Å². The van der Waals surface area contributed by atoms with Crippen LogP contribution >= 0.6 is 35.6 Å².